The van der Waals surface area contributed by atoms with E-state index in [-0.39, 0.29) is 36.2 Å². The highest BCUT2D eigenvalue weighted by Gasteiger charge is 2.22. The van der Waals surface area contributed by atoms with Gasteiger partial charge in [-0.2, -0.15) is 0 Å². The monoisotopic (exact) mass is 244 g/mol. The molecule has 0 aliphatic rings. The summed E-state index contributed by atoms with van der Waals surface area (Å²) in [6.45, 7) is 8.38. The minimum absolute atomic E-state index is 0.0987. The van der Waals surface area contributed by atoms with Gasteiger partial charge in [0.05, 0.1) is 13.0 Å². The van der Waals surface area contributed by atoms with Gasteiger partial charge in [-0.05, 0) is 12.3 Å². The molecule has 0 aromatic carbocycles. The highest BCUT2D eigenvalue weighted by atomic mass is 16.5. The van der Waals surface area contributed by atoms with Crippen LogP contribution in [0, 0.1) is 5.41 Å². The summed E-state index contributed by atoms with van der Waals surface area (Å²) in [6.07, 6.45) is 0.469. The lowest BCUT2D eigenvalue weighted by atomic mass is 9.85. The van der Waals surface area contributed by atoms with Gasteiger partial charge in [0, 0.05) is 19.0 Å². The Morgan fingerprint density at radius 1 is 1.35 bits per heavy atom. The average molecular weight is 244 g/mol. The average Bonchev–Trinajstić information content (AvgIpc) is 2.16. The molecule has 17 heavy (non-hydrogen) atoms. The Bertz CT molecular complexity index is 259. The van der Waals surface area contributed by atoms with E-state index in [1.54, 1.807) is 6.92 Å². The van der Waals surface area contributed by atoms with Gasteiger partial charge in [-0.25, -0.2) is 0 Å². The lowest BCUT2D eigenvalue weighted by Crippen LogP contribution is -2.40. The van der Waals surface area contributed by atoms with Crippen LogP contribution < -0.4 is 11.1 Å². The number of nitrogens with one attached hydrogen (secondary N) is 1. The van der Waals surface area contributed by atoms with Crippen LogP contribution in [0.3, 0.4) is 0 Å². The predicted molar refractivity (Wildman–Crippen MR) is 66.3 cm³/mol. The molecule has 0 aromatic heterocycles. The molecule has 0 bridgehead atoms. The molecule has 1 amide bonds. The van der Waals surface area contributed by atoms with E-state index in [9.17, 15) is 9.59 Å². The van der Waals surface area contributed by atoms with Gasteiger partial charge in [-0.3, -0.25) is 9.59 Å². The molecule has 0 saturated carbocycles. The summed E-state index contributed by atoms with van der Waals surface area (Å²) in [6, 6.07) is -0.190. The van der Waals surface area contributed by atoms with Crippen molar-refractivity contribution in [2.45, 2.75) is 46.6 Å². The quantitative estimate of drug-likeness (QED) is 0.678. The molecule has 0 heterocycles. The summed E-state index contributed by atoms with van der Waals surface area (Å²) in [7, 11) is 0. The Labute approximate surface area is 103 Å². The third-order valence-electron chi connectivity index (χ3n) is 2.47. The lowest BCUT2D eigenvalue weighted by molar-refractivity contribution is -0.143. The Hall–Kier alpha value is -1.10. The first-order valence-electron chi connectivity index (χ1n) is 5.95. The van der Waals surface area contributed by atoms with Crippen LogP contribution >= 0.6 is 0 Å². The summed E-state index contributed by atoms with van der Waals surface area (Å²) in [5.74, 6) is -0.426. The summed E-state index contributed by atoms with van der Waals surface area (Å²) < 4.78 is 4.74. The molecule has 0 aromatic rings. The third-order valence-corrected chi connectivity index (χ3v) is 2.47. The first kappa shape index (κ1) is 15.9. The zero-order chi connectivity index (χ0) is 13.5. The Balaban J connectivity index is 3.78. The number of hydrogen-bond acceptors (Lipinski definition) is 4. The first-order valence-corrected chi connectivity index (χ1v) is 5.95. The maximum atomic E-state index is 11.5. The Morgan fingerprint density at radius 3 is 2.41 bits per heavy atom. The molecule has 0 aliphatic heterocycles. The van der Waals surface area contributed by atoms with E-state index in [0.29, 0.717) is 13.2 Å². The summed E-state index contributed by atoms with van der Waals surface area (Å²) >= 11 is 0. The maximum absolute atomic E-state index is 11.5. The summed E-state index contributed by atoms with van der Waals surface area (Å²) in [5.41, 5.74) is 5.78. The van der Waals surface area contributed by atoms with Crippen LogP contribution in [-0.4, -0.2) is 31.1 Å². The van der Waals surface area contributed by atoms with Crippen molar-refractivity contribution >= 4 is 11.9 Å². The van der Waals surface area contributed by atoms with E-state index in [4.69, 9.17) is 10.5 Å². The van der Waals surface area contributed by atoms with Crippen LogP contribution in [0.15, 0.2) is 0 Å². The number of ether oxygens (including phenoxy) is 1. The van der Waals surface area contributed by atoms with Gasteiger partial charge < -0.3 is 15.8 Å². The number of carbonyl (C=O) groups excluding carboxylic acids is 2. The molecule has 100 valence electrons. The second kappa shape index (κ2) is 7.27. The molecule has 5 nitrogen and oxygen atoms in total. The van der Waals surface area contributed by atoms with Crippen molar-refractivity contribution < 1.29 is 14.3 Å². The zero-order valence-electron chi connectivity index (χ0n) is 11.2. The molecular formula is C12H24N2O3. The van der Waals surface area contributed by atoms with E-state index in [0.717, 1.165) is 0 Å². The molecule has 5 heteroatoms. The van der Waals surface area contributed by atoms with E-state index in [1.165, 1.54) is 0 Å². The zero-order valence-corrected chi connectivity index (χ0v) is 11.2. The second-order valence-electron chi connectivity index (χ2n) is 5.08. The van der Waals surface area contributed by atoms with E-state index in [2.05, 4.69) is 5.32 Å². The van der Waals surface area contributed by atoms with E-state index >= 15 is 0 Å². The van der Waals surface area contributed by atoms with Gasteiger partial charge in [-0.15, -0.1) is 0 Å². The molecule has 0 aliphatic carbocycles. The fourth-order valence-corrected chi connectivity index (χ4v) is 1.12. The van der Waals surface area contributed by atoms with Crippen LogP contribution in [0.5, 0.6) is 0 Å². The third kappa shape index (κ3) is 7.74. The highest BCUT2D eigenvalue weighted by Crippen LogP contribution is 2.19. The normalized spacial score (nSPS) is 13.0. The van der Waals surface area contributed by atoms with Crippen LogP contribution in [-0.2, 0) is 14.3 Å². The second-order valence-corrected chi connectivity index (χ2v) is 5.08. The van der Waals surface area contributed by atoms with Gasteiger partial charge in [0.15, 0.2) is 0 Å². The fourth-order valence-electron chi connectivity index (χ4n) is 1.12. The Kier molecular flexibility index (Phi) is 6.80. The maximum Gasteiger partial charge on any atom is 0.307 e. The lowest BCUT2D eigenvalue weighted by Gasteiger charge is -2.26. The Morgan fingerprint density at radius 2 is 1.94 bits per heavy atom. The number of nitrogens with two attached hydrogens (primary N) is 1. The number of carbonyl (C=O) groups is 2. The standard InChI is InChI=1S/C12H24N2O3/c1-5-17-11(16)6-7-14-10(15)8-9(13)12(2,3)4/h9H,5-8,13H2,1-4H3,(H,14,15). The van der Waals surface area contributed by atoms with Crippen molar-refractivity contribution in [1.29, 1.82) is 0 Å². The first-order chi connectivity index (χ1) is 7.77. The molecule has 1 unspecified atom stereocenters. The fraction of sp³-hybridized carbons (Fsp3) is 0.833. The molecular weight excluding hydrogens is 220 g/mol. The minimum Gasteiger partial charge on any atom is -0.466 e. The smallest absolute Gasteiger partial charge is 0.307 e. The predicted octanol–water partition coefficient (Wildman–Crippen LogP) is 0.819. The summed E-state index contributed by atoms with van der Waals surface area (Å²) in [4.78, 5) is 22.5. The van der Waals surface area contributed by atoms with E-state index < -0.39 is 0 Å². The highest BCUT2D eigenvalue weighted by molar-refractivity contribution is 5.77. The van der Waals surface area contributed by atoms with Gasteiger partial charge >= 0.3 is 5.97 Å². The largest absolute Gasteiger partial charge is 0.466 e. The molecule has 0 spiro atoms. The number of hydrogen-bond donors (Lipinski definition) is 2. The van der Waals surface area contributed by atoms with Gasteiger partial charge in [0.25, 0.3) is 0 Å². The van der Waals surface area contributed by atoms with Crippen LogP contribution in [0.4, 0.5) is 0 Å². The number of amides is 1. The number of rotatable bonds is 6. The van der Waals surface area contributed by atoms with Crippen LogP contribution in [0.1, 0.15) is 40.5 Å². The SMILES string of the molecule is CCOC(=O)CCNC(=O)CC(N)C(C)(C)C. The van der Waals surface area contributed by atoms with Gasteiger partial charge in [0.2, 0.25) is 5.91 Å². The summed E-state index contributed by atoms with van der Waals surface area (Å²) in [5, 5.41) is 2.66. The van der Waals surface area contributed by atoms with E-state index in [1.807, 2.05) is 20.8 Å². The molecule has 0 fully saturated rings. The number of esters is 1. The minimum atomic E-state index is -0.298. The molecule has 0 radical (unpaired) electrons. The van der Waals surface area contributed by atoms with Crippen molar-refractivity contribution in [3.63, 3.8) is 0 Å². The van der Waals surface area contributed by atoms with Gasteiger partial charge in [-0.1, -0.05) is 20.8 Å². The van der Waals surface area contributed by atoms with Gasteiger partial charge in [0.1, 0.15) is 0 Å². The topological polar surface area (TPSA) is 81.4 Å². The van der Waals surface area contributed by atoms with Crippen molar-refractivity contribution in [2.75, 3.05) is 13.2 Å². The van der Waals surface area contributed by atoms with Crippen LogP contribution in [0.2, 0.25) is 0 Å². The molecule has 0 saturated heterocycles. The molecule has 3 N–H and O–H groups in total. The van der Waals surface area contributed by atoms with Crippen molar-refractivity contribution in [3.05, 3.63) is 0 Å². The molecule has 0 rings (SSSR count). The van der Waals surface area contributed by atoms with Crippen molar-refractivity contribution in [2.24, 2.45) is 11.1 Å². The van der Waals surface area contributed by atoms with Crippen molar-refractivity contribution in [1.82, 2.24) is 5.32 Å². The van der Waals surface area contributed by atoms with Crippen molar-refractivity contribution in [3.8, 4) is 0 Å². The molecule has 1 atom stereocenters. The van der Waals surface area contributed by atoms with Crippen LogP contribution in [0.25, 0.3) is 0 Å².